The van der Waals surface area contributed by atoms with Gasteiger partial charge in [0.15, 0.2) is 5.16 Å². The van der Waals surface area contributed by atoms with Crippen LogP contribution in [0.1, 0.15) is 19.3 Å². The maximum atomic E-state index is 12.9. The smallest absolute Gasteiger partial charge is 0.352 e. The molecule has 3 fully saturated rings. The summed E-state index contributed by atoms with van der Waals surface area (Å²) in [5.41, 5.74) is 1.97. The molecule has 168 valence electrons. The van der Waals surface area contributed by atoms with Gasteiger partial charge in [-0.05, 0) is 36.3 Å². The van der Waals surface area contributed by atoms with Crippen LogP contribution in [-0.4, -0.2) is 73.1 Å². The summed E-state index contributed by atoms with van der Waals surface area (Å²) in [5.74, 6) is -1.45. The van der Waals surface area contributed by atoms with Gasteiger partial charge in [0.05, 0.1) is 5.75 Å². The second kappa shape index (κ2) is 8.32. The first-order valence-electron chi connectivity index (χ1n) is 10.3. The Morgan fingerprint density at radius 3 is 2.78 bits per heavy atom. The average molecular weight is 476 g/mol. The molecule has 2 saturated heterocycles. The van der Waals surface area contributed by atoms with Gasteiger partial charge in [0.1, 0.15) is 17.1 Å². The van der Waals surface area contributed by atoms with Crippen LogP contribution in [-0.2, 0) is 19.2 Å². The highest BCUT2D eigenvalue weighted by Gasteiger charge is 2.55. The molecule has 0 aromatic carbocycles. The fraction of sp³-hybridized carbons (Fsp3) is 0.450. The summed E-state index contributed by atoms with van der Waals surface area (Å²) in [7, 11) is 0. The predicted molar refractivity (Wildman–Crippen MR) is 116 cm³/mol. The normalized spacial score (nSPS) is 26.4. The van der Waals surface area contributed by atoms with Gasteiger partial charge in [-0.1, -0.05) is 11.8 Å². The third-order valence-electron chi connectivity index (χ3n) is 5.87. The number of carboxylic acids is 1. The van der Waals surface area contributed by atoms with Crippen molar-refractivity contribution in [1.29, 1.82) is 0 Å². The maximum Gasteiger partial charge on any atom is 0.352 e. The molecular formula is C20H21N5O5S2. The standard InChI is InChI=1S/C20H21N5O5S2/c26-12(8-32-20-22-5-6-23-20)24-14-17(28)25-15(19(29)30)11(7-31-18(14)25)13(9-1-2-9)10-3-4-21-16(10)27/h5-6,9,14,18H,1-4,7-8H2,(H,21,27)(H,22,23)(H,24,26)(H,29,30)/t14-,18-/m1/s1. The number of β-lactam (4-membered cyclic amide) rings is 1. The minimum atomic E-state index is -1.19. The van der Waals surface area contributed by atoms with Crippen molar-refractivity contribution in [2.75, 3.05) is 18.1 Å². The van der Waals surface area contributed by atoms with Crippen molar-refractivity contribution in [2.45, 2.75) is 35.8 Å². The topological polar surface area (TPSA) is 144 Å². The lowest BCUT2D eigenvalue weighted by Gasteiger charge is -2.49. The lowest BCUT2D eigenvalue weighted by Crippen LogP contribution is -2.70. The third-order valence-corrected chi connectivity index (χ3v) is 8.05. The van der Waals surface area contributed by atoms with Crippen LogP contribution in [0.15, 0.2) is 40.0 Å². The molecule has 3 aliphatic heterocycles. The molecule has 3 amide bonds. The van der Waals surface area contributed by atoms with E-state index in [1.807, 2.05) is 0 Å². The third kappa shape index (κ3) is 3.71. The summed E-state index contributed by atoms with van der Waals surface area (Å²) >= 11 is 2.64. The zero-order chi connectivity index (χ0) is 22.4. The molecule has 12 heteroatoms. The van der Waals surface area contributed by atoms with Gasteiger partial charge in [0, 0.05) is 30.3 Å². The van der Waals surface area contributed by atoms with Gasteiger partial charge in [-0.3, -0.25) is 19.3 Å². The summed E-state index contributed by atoms with van der Waals surface area (Å²) < 4.78 is 0. The van der Waals surface area contributed by atoms with Crippen LogP contribution in [0.2, 0.25) is 0 Å². The Morgan fingerprint density at radius 2 is 2.16 bits per heavy atom. The number of carbonyl (C=O) groups is 4. The monoisotopic (exact) mass is 475 g/mol. The molecule has 1 aliphatic carbocycles. The molecular weight excluding hydrogens is 454 g/mol. The van der Waals surface area contributed by atoms with Crippen LogP contribution < -0.4 is 10.6 Å². The largest absolute Gasteiger partial charge is 0.477 e. The minimum absolute atomic E-state index is 0.0525. The molecule has 2 atom stereocenters. The molecule has 1 aromatic rings. The predicted octanol–water partition coefficient (Wildman–Crippen LogP) is 0.467. The fourth-order valence-corrected chi connectivity index (χ4v) is 6.33. The number of nitrogens with one attached hydrogen (secondary N) is 3. The van der Waals surface area contributed by atoms with Gasteiger partial charge < -0.3 is 20.7 Å². The number of fused-ring (bicyclic) bond motifs is 1. The second-order valence-electron chi connectivity index (χ2n) is 7.94. The number of nitrogens with zero attached hydrogens (tertiary/aromatic N) is 2. The van der Waals surface area contributed by atoms with Crippen molar-refractivity contribution in [3.63, 3.8) is 0 Å². The van der Waals surface area contributed by atoms with Crippen molar-refractivity contribution in [3.05, 3.63) is 34.8 Å². The Hall–Kier alpha value is -2.73. The summed E-state index contributed by atoms with van der Waals surface area (Å²) in [6.45, 7) is 0.544. The van der Waals surface area contributed by atoms with Gasteiger partial charge in [0.2, 0.25) is 11.8 Å². The average Bonchev–Trinajstić information content (AvgIpc) is 3.29. The number of aromatic amines is 1. The van der Waals surface area contributed by atoms with Gasteiger partial charge in [0.25, 0.3) is 5.91 Å². The summed E-state index contributed by atoms with van der Waals surface area (Å²) in [6, 6.07) is -0.771. The Labute approximate surface area is 191 Å². The zero-order valence-corrected chi connectivity index (χ0v) is 18.6. The first kappa shape index (κ1) is 21.1. The van der Waals surface area contributed by atoms with E-state index in [4.69, 9.17) is 0 Å². The van der Waals surface area contributed by atoms with E-state index >= 15 is 0 Å². The summed E-state index contributed by atoms with van der Waals surface area (Å²) in [5, 5.41) is 15.6. The Balaban J connectivity index is 1.36. The van der Waals surface area contributed by atoms with E-state index in [-0.39, 0.29) is 29.2 Å². The lowest BCUT2D eigenvalue weighted by atomic mass is 9.91. The highest BCUT2D eigenvalue weighted by atomic mass is 32.2. The van der Waals surface area contributed by atoms with Crippen LogP contribution in [0.25, 0.3) is 0 Å². The number of aromatic nitrogens is 2. The van der Waals surface area contributed by atoms with E-state index < -0.39 is 23.3 Å². The van der Waals surface area contributed by atoms with Gasteiger partial charge in [-0.15, -0.1) is 11.8 Å². The number of imidazole rings is 1. The molecule has 0 radical (unpaired) electrons. The first-order chi connectivity index (χ1) is 15.5. The molecule has 4 N–H and O–H groups in total. The summed E-state index contributed by atoms with van der Waals surface area (Å²) in [6.07, 6.45) is 5.64. The van der Waals surface area contributed by atoms with Crippen molar-refractivity contribution < 1.29 is 24.3 Å². The van der Waals surface area contributed by atoms with Crippen molar-refractivity contribution in [2.24, 2.45) is 5.92 Å². The molecule has 10 nitrogen and oxygen atoms in total. The molecule has 0 unspecified atom stereocenters. The maximum absolute atomic E-state index is 12.9. The van der Waals surface area contributed by atoms with E-state index in [0.717, 1.165) is 18.4 Å². The number of hydrogen-bond acceptors (Lipinski definition) is 7. The first-order valence-corrected chi connectivity index (χ1v) is 12.3. The number of thioether (sulfide) groups is 2. The Bertz CT molecular complexity index is 1060. The number of H-pyrrole nitrogens is 1. The van der Waals surface area contributed by atoms with Crippen molar-refractivity contribution in [3.8, 4) is 0 Å². The number of aliphatic carboxylic acids is 1. The van der Waals surface area contributed by atoms with E-state index in [0.29, 0.717) is 35.0 Å². The van der Waals surface area contributed by atoms with Crippen molar-refractivity contribution in [1.82, 2.24) is 25.5 Å². The Morgan fingerprint density at radius 1 is 1.34 bits per heavy atom. The second-order valence-corrected chi connectivity index (χ2v) is 10.0. The quantitative estimate of drug-likeness (QED) is 0.253. The van der Waals surface area contributed by atoms with Crippen LogP contribution in [0, 0.1) is 5.92 Å². The minimum Gasteiger partial charge on any atom is -0.477 e. The van der Waals surface area contributed by atoms with Crippen molar-refractivity contribution >= 4 is 47.2 Å². The molecule has 4 aliphatic rings. The lowest BCUT2D eigenvalue weighted by molar-refractivity contribution is -0.150. The van der Waals surface area contributed by atoms with E-state index in [9.17, 15) is 24.3 Å². The molecule has 5 rings (SSSR count). The van der Waals surface area contributed by atoms with Gasteiger partial charge >= 0.3 is 5.97 Å². The SMILES string of the molecule is O=C(CSc1ncc[nH]1)N[C@@H]1C(=O)N2C(C(=O)O)=C(C(=C3CCNC3=O)C3CC3)CS[C@H]12. The number of allylic oxidation sites excluding steroid dienone is 1. The van der Waals surface area contributed by atoms with Crippen LogP contribution in [0.3, 0.4) is 0 Å². The van der Waals surface area contributed by atoms with E-state index in [1.165, 1.54) is 28.4 Å². The van der Waals surface area contributed by atoms with Crippen LogP contribution >= 0.6 is 23.5 Å². The van der Waals surface area contributed by atoms with Gasteiger partial charge in [-0.2, -0.15) is 0 Å². The molecule has 4 heterocycles. The van der Waals surface area contributed by atoms with Crippen LogP contribution in [0.4, 0.5) is 0 Å². The molecule has 32 heavy (non-hydrogen) atoms. The molecule has 1 aromatic heterocycles. The van der Waals surface area contributed by atoms with Crippen LogP contribution in [0.5, 0.6) is 0 Å². The fourth-order valence-electron chi connectivity index (χ4n) is 4.33. The molecule has 1 saturated carbocycles. The van der Waals surface area contributed by atoms with E-state index in [2.05, 4.69) is 20.6 Å². The highest BCUT2D eigenvalue weighted by molar-refractivity contribution is 8.00. The van der Waals surface area contributed by atoms with E-state index in [1.54, 1.807) is 12.4 Å². The number of hydrogen-bond donors (Lipinski definition) is 4. The highest BCUT2D eigenvalue weighted by Crippen LogP contribution is 2.49. The molecule has 0 spiro atoms. The number of carboxylic acid groups (broad SMARTS) is 1. The molecule has 0 bridgehead atoms. The Kier molecular flexibility index (Phi) is 5.49. The zero-order valence-electron chi connectivity index (χ0n) is 16.9. The van der Waals surface area contributed by atoms with Gasteiger partial charge in [-0.25, -0.2) is 9.78 Å². The number of rotatable bonds is 7. The number of carbonyl (C=O) groups excluding carboxylic acids is 3. The summed E-state index contributed by atoms with van der Waals surface area (Å²) in [4.78, 5) is 58.0. The number of amides is 3.